The highest BCUT2D eigenvalue weighted by molar-refractivity contribution is 7.07. The van der Waals surface area contributed by atoms with Gasteiger partial charge >= 0.3 is 0 Å². The van der Waals surface area contributed by atoms with Crippen LogP contribution in [0.25, 0.3) is 0 Å². The summed E-state index contributed by atoms with van der Waals surface area (Å²) in [4.78, 5) is 14.0. The van der Waals surface area contributed by atoms with E-state index in [1.54, 1.807) is 11.3 Å². The number of likely N-dealkylation sites (N-methyl/N-ethyl adjacent to an activating group) is 1. The molecule has 4 nitrogen and oxygen atoms in total. The third kappa shape index (κ3) is 3.31. The van der Waals surface area contributed by atoms with E-state index >= 15 is 0 Å². The van der Waals surface area contributed by atoms with Gasteiger partial charge in [-0.2, -0.15) is 11.3 Å². The lowest BCUT2D eigenvalue weighted by Crippen LogP contribution is -2.39. The standard InChI is InChI=1S/C13H20N2O2S/c1-15(2)11(10-5-7-18-9-10)8-14-13(16)12-4-3-6-17-12/h5,7,9,11-12H,3-4,6,8H2,1-2H3,(H,14,16)/t11-,12+/m1/s1. The molecule has 0 unspecified atom stereocenters. The third-order valence-electron chi connectivity index (χ3n) is 3.24. The van der Waals surface area contributed by atoms with Crippen molar-refractivity contribution < 1.29 is 9.53 Å². The van der Waals surface area contributed by atoms with Crippen LogP contribution in [0.5, 0.6) is 0 Å². The molecule has 0 aromatic carbocycles. The predicted octanol–water partition coefficient (Wildman–Crippen LogP) is 1.65. The number of ether oxygens (including phenoxy) is 1. The highest BCUT2D eigenvalue weighted by Gasteiger charge is 2.24. The van der Waals surface area contributed by atoms with Crippen LogP contribution in [-0.2, 0) is 9.53 Å². The first-order valence-corrected chi connectivity index (χ1v) is 7.20. The second kappa shape index (κ2) is 6.31. The largest absolute Gasteiger partial charge is 0.368 e. The molecule has 1 amide bonds. The van der Waals surface area contributed by atoms with Crippen molar-refractivity contribution >= 4 is 17.2 Å². The Kier molecular flexibility index (Phi) is 4.74. The fourth-order valence-corrected chi connectivity index (χ4v) is 2.87. The molecule has 0 aliphatic carbocycles. The Balaban J connectivity index is 1.88. The van der Waals surface area contributed by atoms with Crippen LogP contribution in [0.2, 0.25) is 0 Å². The van der Waals surface area contributed by atoms with E-state index in [4.69, 9.17) is 4.74 Å². The highest BCUT2D eigenvalue weighted by Crippen LogP contribution is 2.20. The summed E-state index contributed by atoms with van der Waals surface area (Å²) in [6.45, 7) is 1.34. The number of nitrogens with one attached hydrogen (secondary N) is 1. The number of amides is 1. The fourth-order valence-electron chi connectivity index (χ4n) is 2.16. The van der Waals surface area contributed by atoms with Gasteiger partial charge in [0.15, 0.2) is 0 Å². The van der Waals surface area contributed by atoms with E-state index in [1.807, 2.05) is 14.1 Å². The number of thiophene rings is 1. The molecule has 1 saturated heterocycles. The molecule has 1 N–H and O–H groups in total. The smallest absolute Gasteiger partial charge is 0.249 e. The maximum absolute atomic E-state index is 11.9. The monoisotopic (exact) mass is 268 g/mol. The Morgan fingerprint density at radius 2 is 2.50 bits per heavy atom. The molecule has 1 aliphatic rings. The van der Waals surface area contributed by atoms with Gasteiger partial charge < -0.3 is 15.0 Å². The van der Waals surface area contributed by atoms with E-state index in [0.717, 1.165) is 12.8 Å². The van der Waals surface area contributed by atoms with E-state index in [0.29, 0.717) is 13.2 Å². The zero-order valence-electron chi connectivity index (χ0n) is 10.9. The lowest BCUT2D eigenvalue weighted by Gasteiger charge is -2.24. The topological polar surface area (TPSA) is 41.6 Å². The Labute approximate surface area is 112 Å². The summed E-state index contributed by atoms with van der Waals surface area (Å²) in [6.07, 6.45) is 1.59. The van der Waals surface area contributed by atoms with Crippen molar-refractivity contribution in [3.05, 3.63) is 22.4 Å². The summed E-state index contributed by atoms with van der Waals surface area (Å²) in [5.74, 6) is 0.0228. The zero-order valence-corrected chi connectivity index (χ0v) is 11.7. The van der Waals surface area contributed by atoms with Crippen LogP contribution in [0.15, 0.2) is 16.8 Å². The Hall–Kier alpha value is -0.910. The van der Waals surface area contributed by atoms with E-state index in [-0.39, 0.29) is 18.1 Å². The molecule has 0 spiro atoms. The first kappa shape index (κ1) is 13.5. The van der Waals surface area contributed by atoms with Crippen LogP contribution in [0.4, 0.5) is 0 Å². The van der Waals surface area contributed by atoms with E-state index in [1.165, 1.54) is 5.56 Å². The van der Waals surface area contributed by atoms with Crippen molar-refractivity contribution in [1.29, 1.82) is 0 Å². The van der Waals surface area contributed by atoms with Gasteiger partial charge in [0.2, 0.25) is 5.91 Å². The van der Waals surface area contributed by atoms with E-state index in [9.17, 15) is 4.79 Å². The minimum Gasteiger partial charge on any atom is -0.368 e. The first-order chi connectivity index (χ1) is 8.68. The van der Waals surface area contributed by atoms with Crippen LogP contribution in [0.3, 0.4) is 0 Å². The van der Waals surface area contributed by atoms with Crippen molar-refractivity contribution in [2.24, 2.45) is 0 Å². The summed E-state index contributed by atoms with van der Waals surface area (Å²) in [5, 5.41) is 7.18. The number of carbonyl (C=O) groups excluding carboxylic acids is 1. The molecule has 2 rings (SSSR count). The van der Waals surface area contributed by atoms with E-state index in [2.05, 4.69) is 27.0 Å². The molecular formula is C13H20N2O2S. The molecule has 2 atom stereocenters. The van der Waals surface area contributed by atoms with Crippen molar-refractivity contribution in [2.45, 2.75) is 25.0 Å². The molecule has 18 heavy (non-hydrogen) atoms. The SMILES string of the molecule is CN(C)[C@H](CNC(=O)[C@@H]1CCCO1)c1ccsc1. The fraction of sp³-hybridized carbons (Fsp3) is 0.615. The number of hydrogen-bond donors (Lipinski definition) is 1. The molecule has 1 aromatic heterocycles. The second-order valence-corrected chi connectivity index (χ2v) is 5.56. The Bertz CT molecular complexity index is 372. The minimum atomic E-state index is -0.240. The molecule has 0 saturated carbocycles. The van der Waals surface area contributed by atoms with Crippen molar-refractivity contribution in [2.75, 3.05) is 27.2 Å². The molecule has 1 aliphatic heterocycles. The molecular weight excluding hydrogens is 248 g/mol. The number of carbonyl (C=O) groups is 1. The van der Waals surface area contributed by atoms with Crippen LogP contribution < -0.4 is 5.32 Å². The Morgan fingerprint density at radius 1 is 1.67 bits per heavy atom. The lowest BCUT2D eigenvalue weighted by atomic mass is 10.1. The number of rotatable bonds is 5. The molecule has 0 bridgehead atoms. The lowest BCUT2D eigenvalue weighted by molar-refractivity contribution is -0.130. The molecule has 5 heteroatoms. The number of hydrogen-bond acceptors (Lipinski definition) is 4. The second-order valence-electron chi connectivity index (χ2n) is 4.78. The van der Waals surface area contributed by atoms with Crippen molar-refractivity contribution in [3.8, 4) is 0 Å². The molecule has 0 radical (unpaired) electrons. The summed E-state index contributed by atoms with van der Waals surface area (Å²) < 4.78 is 5.37. The molecule has 100 valence electrons. The maximum Gasteiger partial charge on any atom is 0.249 e. The first-order valence-electron chi connectivity index (χ1n) is 6.26. The van der Waals surface area contributed by atoms with E-state index < -0.39 is 0 Å². The molecule has 2 heterocycles. The van der Waals surface area contributed by atoms with Gasteiger partial charge in [0, 0.05) is 13.2 Å². The summed E-state index contributed by atoms with van der Waals surface area (Å²) in [5.41, 5.74) is 1.25. The van der Waals surface area contributed by atoms with Crippen LogP contribution in [0, 0.1) is 0 Å². The van der Waals surface area contributed by atoms with Gasteiger partial charge in [0.25, 0.3) is 0 Å². The van der Waals surface area contributed by atoms with Gasteiger partial charge in [-0.25, -0.2) is 0 Å². The van der Waals surface area contributed by atoms with Crippen molar-refractivity contribution in [1.82, 2.24) is 10.2 Å². The number of nitrogens with zero attached hydrogens (tertiary/aromatic N) is 1. The Morgan fingerprint density at radius 3 is 3.06 bits per heavy atom. The van der Waals surface area contributed by atoms with Crippen molar-refractivity contribution in [3.63, 3.8) is 0 Å². The van der Waals surface area contributed by atoms with Crippen LogP contribution in [0.1, 0.15) is 24.4 Å². The van der Waals surface area contributed by atoms with Gasteiger partial charge in [-0.1, -0.05) is 0 Å². The third-order valence-corrected chi connectivity index (χ3v) is 3.94. The minimum absolute atomic E-state index is 0.0228. The van der Waals surface area contributed by atoms with Gasteiger partial charge in [0.1, 0.15) is 6.10 Å². The van der Waals surface area contributed by atoms with Gasteiger partial charge in [0.05, 0.1) is 6.04 Å². The van der Waals surface area contributed by atoms with Crippen LogP contribution in [-0.4, -0.2) is 44.2 Å². The average molecular weight is 268 g/mol. The quantitative estimate of drug-likeness (QED) is 0.883. The van der Waals surface area contributed by atoms with Crippen LogP contribution >= 0.6 is 11.3 Å². The summed E-state index contributed by atoms with van der Waals surface area (Å²) in [6, 6.07) is 2.33. The molecule has 1 fully saturated rings. The summed E-state index contributed by atoms with van der Waals surface area (Å²) in [7, 11) is 4.06. The summed E-state index contributed by atoms with van der Waals surface area (Å²) >= 11 is 1.68. The maximum atomic E-state index is 11.9. The van der Waals surface area contributed by atoms with Gasteiger partial charge in [-0.05, 0) is 49.3 Å². The zero-order chi connectivity index (χ0) is 13.0. The van der Waals surface area contributed by atoms with Gasteiger partial charge in [-0.15, -0.1) is 0 Å². The highest BCUT2D eigenvalue weighted by atomic mass is 32.1. The molecule has 1 aromatic rings. The normalized spacial score (nSPS) is 21.2. The average Bonchev–Trinajstić information content (AvgIpc) is 3.01. The van der Waals surface area contributed by atoms with Gasteiger partial charge in [-0.3, -0.25) is 4.79 Å². The predicted molar refractivity (Wildman–Crippen MR) is 72.7 cm³/mol.